The number of halogens is 1. The van der Waals surface area contributed by atoms with E-state index in [0.29, 0.717) is 17.1 Å². The Balaban J connectivity index is 2.37. The molecule has 0 aliphatic carbocycles. The molecule has 0 amide bonds. The molecule has 98 valence electrons. The summed E-state index contributed by atoms with van der Waals surface area (Å²) >= 11 is 3.33. The summed E-state index contributed by atoms with van der Waals surface area (Å²) in [4.78, 5) is 11.7. The predicted molar refractivity (Wildman–Crippen MR) is 76.7 cm³/mol. The van der Waals surface area contributed by atoms with Crippen molar-refractivity contribution in [1.82, 2.24) is 0 Å². The molecule has 0 saturated heterocycles. The van der Waals surface area contributed by atoms with Gasteiger partial charge in [0.15, 0.2) is 0 Å². The smallest absolute Gasteiger partial charge is 0.341 e. The maximum Gasteiger partial charge on any atom is 0.341 e. The van der Waals surface area contributed by atoms with Crippen molar-refractivity contribution >= 4 is 21.9 Å². The minimum atomic E-state index is -0.427. The first-order chi connectivity index (χ1) is 9.10. The van der Waals surface area contributed by atoms with Crippen LogP contribution in [0.15, 0.2) is 46.9 Å². The second-order valence-corrected chi connectivity index (χ2v) is 4.97. The van der Waals surface area contributed by atoms with Crippen molar-refractivity contribution in [2.75, 3.05) is 7.11 Å². The Morgan fingerprint density at radius 2 is 1.95 bits per heavy atom. The highest BCUT2D eigenvalue weighted by molar-refractivity contribution is 9.10. The molecular weight excluding hydrogens is 308 g/mol. The van der Waals surface area contributed by atoms with E-state index >= 15 is 0 Å². The number of hydrogen-bond acceptors (Lipinski definition) is 3. The van der Waals surface area contributed by atoms with Gasteiger partial charge in [0.05, 0.1) is 7.11 Å². The lowest BCUT2D eigenvalue weighted by atomic mass is 10.2. The van der Waals surface area contributed by atoms with Crippen molar-refractivity contribution in [3.05, 3.63) is 58.1 Å². The molecule has 0 aliphatic rings. The van der Waals surface area contributed by atoms with E-state index in [1.807, 2.05) is 37.3 Å². The molecule has 0 unspecified atom stereocenters. The van der Waals surface area contributed by atoms with E-state index < -0.39 is 5.97 Å². The van der Waals surface area contributed by atoms with Gasteiger partial charge in [0.2, 0.25) is 0 Å². The Hall–Kier alpha value is -1.81. The third-order valence-corrected chi connectivity index (χ3v) is 3.06. The lowest BCUT2D eigenvalue weighted by Crippen LogP contribution is -2.03. The summed E-state index contributed by atoms with van der Waals surface area (Å²) in [7, 11) is 1.35. The molecule has 0 bridgehead atoms. The third-order valence-electron chi connectivity index (χ3n) is 2.56. The standard InChI is InChI=1S/C15H13BrO3/c1-10-4-3-5-12(8-10)19-14-7-6-11(16)9-13(14)15(17)18-2/h3-9H,1-2H3. The largest absolute Gasteiger partial charge is 0.465 e. The number of carbonyl (C=O) groups is 1. The number of rotatable bonds is 3. The van der Waals surface area contributed by atoms with Crippen LogP contribution in [0.5, 0.6) is 11.5 Å². The molecule has 0 spiro atoms. The molecule has 0 radical (unpaired) electrons. The van der Waals surface area contributed by atoms with E-state index in [-0.39, 0.29) is 0 Å². The van der Waals surface area contributed by atoms with Gasteiger partial charge >= 0.3 is 5.97 Å². The minimum absolute atomic E-state index is 0.387. The molecule has 19 heavy (non-hydrogen) atoms. The van der Waals surface area contributed by atoms with Gasteiger partial charge in [-0.1, -0.05) is 28.1 Å². The normalized spacial score (nSPS) is 10.1. The first-order valence-corrected chi connectivity index (χ1v) is 6.52. The van der Waals surface area contributed by atoms with E-state index in [1.165, 1.54) is 7.11 Å². The molecule has 0 N–H and O–H groups in total. The van der Waals surface area contributed by atoms with Crippen LogP contribution in [-0.4, -0.2) is 13.1 Å². The van der Waals surface area contributed by atoms with Crippen LogP contribution >= 0.6 is 15.9 Å². The average Bonchev–Trinajstić information content (AvgIpc) is 2.40. The van der Waals surface area contributed by atoms with Crippen molar-refractivity contribution in [2.24, 2.45) is 0 Å². The molecular formula is C15H13BrO3. The van der Waals surface area contributed by atoms with Gasteiger partial charge in [-0.25, -0.2) is 4.79 Å². The molecule has 0 aliphatic heterocycles. The molecule has 3 nitrogen and oxygen atoms in total. The first kappa shape index (κ1) is 13.6. The molecule has 2 rings (SSSR count). The van der Waals surface area contributed by atoms with Crippen LogP contribution in [0.1, 0.15) is 15.9 Å². The zero-order chi connectivity index (χ0) is 13.8. The summed E-state index contributed by atoms with van der Waals surface area (Å²) in [6, 6.07) is 12.9. The Bertz CT molecular complexity index is 608. The number of aryl methyl sites for hydroxylation is 1. The molecule has 0 fully saturated rings. The Labute approximate surface area is 120 Å². The van der Waals surface area contributed by atoms with E-state index in [0.717, 1.165) is 10.0 Å². The molecule has 0 atom stereocenters. The monoisotopic (exact) mass is 320 g/mol. The number of hydrogen-bond donors (Lipinski definition) is 0. The van der Waals surface area contributed by atoms with Gasteiger partial charge in [0.25, 0.3) is 0 Å². The van der Waals surface area contributed by atoms with Gasteiger partial charge in [-0.3, -0.25) is 0 Å². The quantitative estimate of drug-likeness (QED) is 0.789. The van der Waals surface area contributed by atoms with E-state index in [2.05, 4.69) is 15.9 Å². The van der Waals surface area contributed by atoms with Crippen LogP contribution in [-0.2, 0) is 4.74 Å². The zero-order valence-corrected chi connectivity index (χ0v) is 12.2. The van der Waals surface area contributed by atoms with Gasteiger partial charge in [0.1, 0.15) is 17.1 Å². The number of benzene rings is 2. The van der Waals surface area contributed by atoms with Crippen molar-refractivity contribution < 1.29 is 14.3 Å². The second-order valence-electron chi connectivity index (χ2n) is 4.05. The molecule has 0 saturated carbocycles. The van der Waals surface area contributed by atoms with Crippen LogP contribution in [0, 0.1) is 6.92 Å². The third kappa shape index (κ3) is 3.35. The summed E-state index contributed by atoms with van der Waals surface area (Å²) in [5.74, 6) is 0.733. The number of esters is 1. The maximum absolute atomic E-state index is 11.7. The fourth-order valence-corrected chi connectivity index (χ4v) is 2.03. The van der Waals surface area contributed by atoms with Crippen molar-refractivity contribution in [3.63, 3.8) is 0 Å². The number of ether oxygens (including phenoxy) is 2. The SMILES string of the molecule is COC(=O)c1cc(Br)ccc1Oc1cccc(C)c1. The molecule has 2 aromatic carbocycles. The van der Waals surface area contributed by atoms with Gasteiger partial charge in [-0.05, 0) is 42.8 Å². The predicted octanol–water partition coefficient (Wildman–Crippen LogP) is 4.34. The van der Waals surface area contributed by atoms with E-state index in [9.17, 15) is 4.79 Å². The highest BCUT2D eigenvalue weighted by Gasteiger charge is 2.14. The summed E-state index contributed by atoms with van der Waals surface area (Å²) in [5.41, 5.74) is 1.48. The molecule has 0 heterocycles. The van der Waals surface area contributed by atoms with Crippen LogP contribution in [0.25, 0.3) is 0 Å². The van der Waals surface area contributed by atoms with Crippen molar-refractivity contribution in [2.45, 2.75) is 6.92 Å². The highest BCUT2D eigenvalue weighted by Crippen LogP contribution is 2.29. The van der Waals surface area contributed by atoms with Gasteiger partial charge < -0.3 is 9.47 Å². The lowest BCUT2D eigenvalue weighted by molar-refractivity contribution is 0.0598. The maximum atomic E-state index is 11.7. The Morgan fingerprint density at radius 1 is 1.16 bits per heavy atom. The summed E-state index contributed by atoms with van der Waals surface area (Å²) in [6.07, 6.45) is 0. The zero-order valence-electron chi connectivity index (χ0n) is 10.6. The summed E-state index contributed by atoms with van der Waals surface area (Å²) in [6.45, 7) is 1.98. The van der Waals surface area contributed by atoms with Gasteiger partial charge in [-0.2, -0.15) is 0 Å². The topological polar surface area (TPSA) is 35.5 Å². The van der Waals surface area contributed by atoms with Gasteiger partial charge in [-0.15, -0.1) is 0 Å². The van der Waals surface area contributed by atoms with Crippen LogP contribution in [0.3, 0.4) is 0 Å². The second kappa shape index (κ2) is 5.89. The van der Waals surface area contributed by atoms with Crippen LogP contribution < -0.4 is 4.74 Å². The Kier molecular flexibility index (Phi) is 4.22. The minimum Gasteiger partial charge on any atom is -0.465 e. The average molecular weight is 321 g/mol. The van der Waals surface area contributed by atoms with Crippen molar-refractivity contribution in [1.29, 1.82) is 0 Å². The first-order valence-electron chi connectivity index (χ1n) is 5.72. The van der Waals surface area contributed by atoms with Gasteiger partial charge in [0, 0.05) is 4.47 Å². The summed E-state index contributed by atoms with van der Waals surface area (Å²) in [5, 5.41) is 0. The van der Waals surface area contributed by atoms with E-state index in [4.69, 9.17) is 9.47 Å². The fraction of sp³-hybridized carbons (Fsp3) is 0.133. The molecule has 2 aromatic rings. The molecule has 4 heteroatoms. The fourth-order valence-electron chi connectivity index (χ4n) is 1.67. The Morgan fingerprint density at radius 3 is 2.63 bits per heavy atom. The van der Waals surface area contributed by atoms with Crippen molar-refractivity contribution in [3.8, 4) is 11.5 Å². The van der Waals surface area contributed by atoms with E-state index in [1.54, 1.807) is 12.1 Å². The number of methoxy groups -OCH3 is 1. The van der Waals surface area contributed by atoms with Crippen LogP contribution in [0.2, 0.25) is 0 Å². The molecule has 0 aromatic heterocycles. The van der Waals surface area contributed by atoms with Crippen LogP contribution in [0.4, 0.5) is 0 Å². The summed E-state index contributed by atoms with van der Waals surface area (Å²) < 4.78 is 11.3. The number of carbonyl (C=O) groups excluding carboxylic acids is 1. The highest BCUT2D eigenvalue weighted by atomic mass is 79.9. The lowest BCUT2D eigenvalue weighted by Gasteiger charge is -2.10.